The number of nitrogens with zero attached hydrogens (tertiary/aromatic N) is 1. The molecule has 0 bridgehead atoms. The maximum Gasteiger partial charge on any atom is 0.240 e. The van der Waals surface area contributed by atoms with Gasteiger partial charge in [-0.3, -0.25) is 4.90 Å². The SMILES string of the molecule is O=S(=O)(N[C@H]1CCCC[C@@H]1N1CCC(O)CC1)c1ccccc1. The second-order valence-corrected chi connectivity index (χ2v) is 8.37. The zero-order valence-corrected chi connectivity index (χ0v) is 14.2. The number of nitrogens with one attached hydrogen (secondary N) is 1. The highest BCUT2D eigenvalue weighted by molar-refractivity contribution is 7.89. The quantitative estimate of drug-likeness (QED) is 0.877. The van der Waals surface area contributed by atoms with Crippen molar-refractivity contribution in [1.82, 2.24) is 9.62 Å². The molecule has 1 aliphatic carbocycles. The van der Waals surface area contributed by atoms with E-state index >= 15 is 0 Å². The Hall–Kier alpha value is -0.950. The van der Waals surface area contributed by atoms with Crippen LogP contribution in [0.2, 0.25) is 0 Å². The van der Waals surface area contributed by atoms with E-state index in [0.717, 1.165) is 51.6 Å². The Kier molecular flexibility index (Phi) is 5.36. The van der Waals surface area contributed by atoms with Gasteiger partial charge in [0, 0.05) is 25.2 Å². The van der Waals surface area contributed by atoms with Gasteiger partial charge in [-0.2, -0.15) is 0 Å². The average Bonchev–Trinajstić information content (AvgIpc) is 2.57. The third-order valence-corrected chi connectivity index (χ3v) is 6.56. The lowest BCUT2D eigenvalue weighted by Gasteiger charge is -2.42. The summed E-state index contributed by atoms with van der Waals surface area (Å²) in [6.45, 7) is 1.71. The van der Waals surface area contributed by atoms with Crippen LogP contribution < -0.4 is 4.72 Å². The lowest BCUT2D eigenvalue weighted by atomic mass is 9.88. The summed E-state index contributed by atoms with van der Waals surface area (Å²) in [7, 11) is -3.47. The fraction of sp³-hybridized carbons (Fsp3) is 0.647. The molecule has 0 radical (unpaired) electrons. The molecule has 5 nitrogen and oxygen atoms in total. The van der Waals surface area contributed by atoms with Crippen molar-refractivity contribution in [2.45, 2.75) is 61.6 Å². The molecule has 23 heavy (non-hydrogen) atoms. The third-order valence-electron chi connectivity index (χ3n) is 5.06. The summed E-state index contributed by atoms with van der Waals surface area (Å²) in [6.07, 6.45) is 5.49. The van der Waals surface area contributed by atoms with Crippen molar-refractivity contribution in [3.63, 3.8) is 0 Å². The van der Waals surface area contributed by atoms with E-state index in [1.807, 2.05) is 6.07 Å². The summed E-state index contributed by atoms with van der Waals surface area (Å²) in [6, 6.07) is 8.80. The van der Waals surface area contributed by atoms with Gasteiger partial charge in [-0.15, -0.1) is 0 Å². The van der Waals surface area contributed by atoms with Crippen molar-refractivity contribution in [2.75, 3.05) is 13.1 Å². The molecule has 2 fully saturated rings. The highest BCUT2D eigenvalue weighted by Crippen LogP contribution is 2.27. The van der Waals surface area contributed by atoms with Crippen LogP contribution >= 0.6 is 0 Å². The highest BCUT2D eigenvalue weighted by Gasteiger charge is 2.34. The number of benzene rings is 1. The molecule has 0 spiro atoms. The summed E-state index contributed by atoms with van der Waals surface area (Å²) in [5.74, 6) is 0. The Morgan fingerprint density at radius 2 is 1.65 bits per heavy atom. The molecular weight excluding hydrogens is 312 g/mol. The maximum atomic E-state index is 12.6. The number of aliphatic hydroxyl groups is 1. The van der Waals surface area contributed by atoms with Crippen LogP contribution in [0.25, 0.3) is 0 Å². The first kappa shape index (κ1) is 16.9. The van der Waals surface area contributed by atoms with Crippen LogP contribution in [0, 0.1) is 0 Å². The van der Waals surface area contributed by atoms with Crippen LogP contribution in [0.5, 0.6) is 0 Å². The standard InChI is InChI=1S/C17H26N2O3S/c20-14-10-12-19(13-11-14)17-9-5-4-8-16(17)18-23(21,22)15-6-2-1-3-7-15/h1-3,6-7,14,16-18,20H,4-5,8-13H2/t16-,17-/m0/s1. The van der Waals surface area contributed by atoms with Gasteiger partial charge >= 0.3 is 0 Å². The smallest absolute Gasteiger partial charge is 0.240 e. The molecule has 3 rings (SSSR count). The van der Waals surface area contributed by atoms with Gasteiger partial charge in [0.1, 0.15) is 0 Å². The lowest BCUT2D eigenvalue weighted by Crippen LogP contribution is -2.55. The molecule has 1 saturated heterocycles. The zero-order valence-electron chi connectivity index (χ0n) is 13.4. The van der Waals surface area contributed by atoms with E-state index in [0.29, 0.717) is 4.90 Å². The van der Waals surface area contributed by atoms with Crippen molar-refractivity contribution in [3.05, 3.63) is 30.3 Å². The number of hydrogen-bond donors (Lipinski definition) is 2. The number of aliphatic hydroxyl groups excluding tert-OH is 1. The lowest BCUT2D eigenvalue weighted by molar-refractivity contribution is 0.0420. The number of sulfonamides is 1. The summed E-state index contributed by atoms with van der Waals surface area (Å²) < 4.78 is 28.2. The molecule has 128 valence electrons. The van der Waals surface area contributed by atoms with E-state index in [2.05, 4.69) is 9.62 Å². The van der Waals surface area contributed by atoms with E-state index in [1.54, 1.807) is 24.3 Å². The molecule has 1 saturated carbocycles. The van der Waals surface area contributed by atoms with Crippen molar-refractivity contribution < 1.29 is 13.5 Å². The minimum absolute atomic E-state index is 0.0378. The van der Waals surface area contributed by atoms with E-state index in [9.17, 15) is 13.5 Å². The van der Waals surface area contributed by atoms with Crippen LogP contribution in [0.15, 0.2) is 35.2 Å². The van der Waals surface area contributed by atoms with E-state index in [1.165, 1.54) is 0 Å². The van der Waals surface area contributed by atoms with E-state index in [4.69, 9.17) is 0 Å². The van der Waals surface area contributed by atoms with Crippen molar-refractivity contribution in [2.24, 2.45) is 0 Å². The highest BCUT2D eigenvalue weighted by atomic mass is 32.2. The van der Waals surface area contributed by atoms with Crippen LogP contribution in [-0.4, -0.2) is 49.7 Å². The molecule has 0 aromatic heterocycles. The molecule has 1 aliphatic heterocycles. The largest absolute Gasteiger partial charge is 0.393 e. The third kappa shape index (κ3) is 4.12. The number of hydrogen-bond acceptors (Lipinski definition) is 4. The summed E-state index contributed by atoms with van der Waals surface area (Å²) in [5.41, 5.74) is 0. The number of piperidine rings is 1. The van der Waals surface area contributed by atoms with Gasteiger partial charge in [-0.05, 0) is 37.8 Å². The summed E-state index contributed by atoms with van der Waals surface area (Å²) in [4.78, 5) is 2.70. The van der Waals surface area contributed by atoms with Crippen LogP contribution in [-0.2, 0) is 10.0 Å². The number of likely N-dealkylation sites (tertiary alicyclic amines) is 1. The van der Waals surface area contributed by atoms with Gasteiger partial charge in [0.05, 0.1) is 11.0 Å². The molecule has 2 N–H and O–H groups in total. The second-order valence-electron chi connectivity index (χ2n) is 6.66. The van der Waals surface area contributed by atoms with Gasteiger partial charge in [-0.1, -0.05) is 31.0 Å². The fourth-order valence-corrected chi connectivity index (χ4v) is 5.10. The second kappa shape index (κ2) is 7.30. The first-order valence-electron chi connectivity index (χ1n) is 8.56. The van der Waals surface area contributed by atoms with Crippen molar-refractivity contribution in [3.8, 4) is 0 Å². The monoisotopic (exact) mass is 338 g/mol. The zero-order chi connectivity index (χ0) is 16.3. The Labute approximate surface area is 138 Å². The predicted molar refractivity (Wildman–Crippen MR) is 89.6 cm³/mol. The Morgan fingerprint density at radius 3 is 2.35 bits per heavy atom. The van der Waals surface area contributed by atoms with Crippen LogP contribution in [0.4, 0.5) is 0 Å². The topological polar surface area (TPSA) is 69.6 Å². The molecule has 2 aliphatic rings. The van der Waals surface area contributed by atoms with Crippen LogP contribution in [0.1, 0.15) is 38.5 Å². The Morgan fingerprint density at radius 1 is 1.00 bits per heavy atom. The van der Waals surface area contributed by atoms with Gasteiger partial charge in [0.2, 0.25) is 10.0 Å². The predicted octanol–water partition coefficient (Wildman–Crippen LogP) is 1.73. The first-order valence-corrected chi connectivity index (χ1v) is 10.0. The molecule has 6 heteroatoms. The molecule has 1 aromatic carbocycles. The maximum absolute atomic E-state index is 12.6. The molecule has 1 aromatic rings. The van der Waals surface area contributed by atoms with Gasteiger partial charge in [-0.25, -0.2) is 13.1 Å². The van der Waals surface area contributed by atoms with E-state index in [-0.39, 0.29) is 18.2 Å². The summed E-state index contributed by atoms with van der Waals surface area (Å²) >= 11 is 0. The Bertz CT molecular complexity index is 598. The minimum atomic E-state index is -3.47. The van der Waals surface area contributed by atoms with E-state index < -0.39 is 10.0 Å². The van der Waals surface area contributed by atoms with Crippen molar-refractivity contribution in [1.29, 1.82) is 0 Å². The average molecular weight is 338 g/mol. The number of rotatable bonds is 4. The molecular formula is C17H26N2O3S. The molecule has 0 amide bonds. The Balaban J connectivity index is 1.72. The minimum Gasteiger partial charge on any atom is -0.393 e. The molecule has 2 atom stereocenters. The molecule has 1 heterocycles. The fourth-order valence-electron chi connectivity index (χ4n) is 3.77. The molecule has 0 unspecified atom stereocenters. The van der Waals surface area contributed by atoms with Gasteiger partial charge in [0.15, 0.2) is 0 Å². The first-order chi connectivity index (χ1) is 11.1. The summed E-state index contributed by atoms with van der Waals surface area (Å²) in [5, 5.41) is 9.69. The van der Waals surface area contributed by atoms with Crippen molar-refractivity contribution >= 4 is 10.0 Å². The van der Waals surface area contributed by atoms with Gasteiger partial charge < -0.3 is 5.11 Å². The normalized spacial score (nSPS) is 27.9. The van der Waals surface area contributed by atoms with Crippen LogP contribution in [0.3, 0.4) is 0 Å². The van der Waals surface area contributed by atoms with Gasteiger partial charge in [0.25, 0.3) is 0 Å².